The quantitative estimate of drug-likeness (QED) is 0.773. The van der Waals surface area contributed by atoms with Gasteiger partial charge in [-0.1, -0.05) is 30.3 Å². The summed E-state index contributed by atoms with van der Waals surface area (Å²) in [5.74, 6) is 0. The van der Waals surface area contributed by atoms with Gasteiger partial charge in [-0.15, -0.1) is 0 Å². The van der Waals surface area contributed by atoms with E-state index in [0.717, 1.165) is 18.1 Å². The predicted octanol–water partition coefficient (Wildman–Crippen LogP) is 2.21. The van der Waals surface area contributed by atoms with Crippen LogP contribution in [0.25, 0.3) is 0 Å². The Labute approximate surface area is 155 Å². The number of anilines is 1. The molecule has 8 heteroatoms. The largest absolute Gasteiger partial charge is 0.382 e. The summed E-state index contributed by atoms with van der Waals surface area (Å²) in [6, 6.07) is 14.0. The van der Waals surface area contributed by atoms with E-state index in [2.05, 4.69) is 5.32 Å². The van der Waals surface area contributed by atoms with Gasteiger partial charge in [0, 0.05) is 19.1 Å². The molecular weight excluding hydrogens is 372 g/mol. The molecule has 0 aliphatic heterocycles. The average Bonchev–Trinajstić information content (AvgIpc) is 2.54. The highest BCUT2D eigenvalue weighted by molar-refractivity contribution is 7.91. The monoisotopic (exact) mass is 396 g/mol. The van der Waals surface area contributed by atoms with Gasteiger partial charge in [0.1, 0.15) is 0 Å². The third kappa shape index (κ3) is 5.06. The summed E-state index contributed by atoms with van der Waals surface area (Å²) in [5, 5.41) is 3.16. The maximum atomic E-state index is 12.1. The Bertz CT molecular complexity index is 970. The van der Waals surface area contributed by atoms with Crippen molar-refractivity contribution in [1.29, 1.82) is 0 Å². The molecule has 6 nitrogen and oxygen atoms in total. The normalized spacial score (nSPS) is 13.6. The zero-order valence-electron chi connectivity index (χ0n) is 15.3. The maximum absolute atomic E-state index is 12.1. The summed E-state index contributed by atoms with van der Waals surface area (Å²) < 4.78 is 47.8. The molecule has 0 saturated carbocycles. The molecule has 2 aromatic carbocycles. The van der Waals surface area contributed by atoms with E-state index >= 15 is 0 Å². The lowest BCUT2D eigenvalue weighted by Gasteiger charge is -2.26. The van der Waals surface area contributed by atoms with Crippen molar-refractivity contribution in [2.24, 2.45) is 0 Å². The number of nitrogens with one attached hydrogen (secondary N) is 1. The number of hydrogen-bond acceptors (Lipinski definition) is 6. The summed E-state index contributed by atoms with van der Waals surface area (Å²) in [5.41, 5.74) is 1.49. The van der Waals surface area contributed by atoms with Crippen LogP contribution in [-0.2, 0) is 19.7 Å². The van der Waals surface area contributed by atoms with Gasteiger partial charge in [0.25, 0.3) is 0 Å². The number of rotatable bonds is 7. The Balaban J connectivity index is 2.37. The average molecular weight is 397 g/mol. The molecule has 142 valence electrons. The van der Waals surface area contributed by atoms with E-state index < -0.39 is 19.7 Å². The van der Waals surface area contributed by atoms with E-state index in [9.17, 15) is 16.8 Å². The van der Waals surface area contributed by atoms with Gasteiger partial charge in [0.2, 0.25) is 0 Å². The van der Waals surface area contributed by atoms with Gasteiger partial charge in [-0.25, -0.2) is 16.8 Å². The zero-order chi connectivity index (χ0) is 19.5. The van der Waals surface area contributed by atoms with Crippen LogP contribution in [0.1, 0.15) is 11.6 Å². The Morgan fingerprint density at radius 1 is 0.923 bits per heavy atom. The molecule has 0 bridgehead atoms. The number of sulfone groups is 2. The first-order valence-electron chi connectivity index (χ1n) is 7.99. The molecule has 0 aliphatic rings. The molecule has 0 spiro atoms. The molecule has 0 saturated heterocycles. The molecule has 26 heavy (non-hydrogen) atoms. The van der Waals surface area contributed by atoms with E-state index in [-0.39, 0.29) is 15.8 Å². The van der Waals surface area contributed by atoms with Crippen LogP contribution < -0.4 is 5.32 Å². The zero-order valence-corrected chi connectivity index (χ0v) is 16.9. The second-order valence-corrected chi connectivity index (χ2v) is 10.5. The van der Waals surface area contributed by atoms with Gasteiger partial charge in [0.15, 0.2) is 19.7 Å². The molecule has 1 N–H and O–H groups in total. The summed E-state index contributed by atoms with van der Waals surface area (Å²) in [6.45, 7) is 0.470. The summed E-state index contributed by atoms with van der Waals surface area (Å²) in [7, 11) is -3.18. The Kier molecular flexibility index (Phi) is 6.10. The van der Waals surface area contributed by atoms with Gasteiger partial charge in [-0.3, -0.25) is 0 Å². The van der Waals surface area contributed by atoms with Gasteiger partial charge in [0.05, 0.1) is 21.5 Å². The number of nitrogens with zero attached hydrogens (tertiary/aromatic N) is 1. The molecule has 0 heterocycles. The lowest BCUT2D eigenvalue weighted by Crippen LogP contribution is -2.27. The van der Waals surface area contributed by atoms with Gasteiger partial charge >= 0.3 is 0 Å². The fourth-order valence-corrected chi connectivity index (χ4v) is 4.27. The SMILES string of the molecule is CN(C)[C@@H](CNc1ccc(S(C)(=O)=O)cc1S(C)(=O)=O)c1ccccc1. The summed E-state index contributed by atoms with van der Waals surface area (Å²) in [6.07, 6.45) is 2.12. The van der Waals surface area contributed by atoms with Crippen LogP contribution in [-0.4, -0.2) is 54.9 Å². The fraction of sp³-hybridized carbons (Fsp3) is 0.333. The highest BCUT2D eigenvalue weighted by Crippen LogP contribution is 2.27. The maximum Gasteiger partial charge on any atom is 0.177 e. The van der Waals surface area contributed by atoms with Crippen molar-refractivity contribution < 1.29 is 16.8 Å². The van der Waals surface area contributed by atoms with Gasteiger partial charge < -0.3 is 10.2 Å². The van der Waals surface area contributed by atoms with Crippen LogP contribution in [0.15, 0.2) is 58.3 Å². The van der Waals surface area contributed by atoms with Crippen molar-refractivity contribution in [2.45, 2.75) is 15.8 Å². The highest BCUT2D eigenvalue weighted by Gasteiger charge is 2.20. The lowest BCUT2D eigenvalue weighted by molar-refractivity contribution is 0.311. The van der Waals surface area contributed by atoms with Crippen molar-refractivity contribution >= 4 is 25.4 Å². The first-order chi connectivity index (χ1) is 12.0. The first kappa shape index (κ1) is 20.4. The molecular formula is C18H24N2O4S2. The Morgan fingerprint density at radius 3 is 2.04 bits per heavy atom. The molecule has 2 rings (SSSR count). The van der Waals surface area contributed by atoms with Crippen LogP contribution >= 0.6 is 0 Å². The molecule has 0 unspecified atom stereocenters. The van der Waals surface area contributed by atoms with Crippen LogP contribution in [0.2, 0.25) is 0 Å². The topological polar surface area (TPSA) is 83.6 Å². The van der Waals surface area contributed by atoms with Gasteiger partial charge in [-0.05, 0) is 37.9 Å². The van der Waals surface area contributed by atoms with Crippen LogP contribution in [0.4, 0.5) is 5.69 Å². The molecule has 0 radical (unpaired) electrons. The summed E-state index contributed by atoms with van der Waals surface area (Å²) in [4.78, 5) is 1.99. The standard InChI is InChI=1S/C18H24N2O4S2/c1-20(2)17(14-8-6-5-7-9-14)13-19-16-11-10-15(25(3,21)22)12-18(16)26(4,23)24/h5-12,17,19H,13H2,1-4H3/t17-/m0/s1. The number of benzene rings is 2. The molecule has 0 aromatic heterocycles. The first-order valence-corrected chi connectivity index (χ1v) is 11.8. The number of likely N-dealkylation sites (N-methyl/N-ethyl adjacent to an activating group) is 1. The van der Waals surface area contributed by atoms with Crippen LogP contribution in [0.5, 0.6) is 0 Å². The third-order valence-corrected chi connectivity index (χ3v) is 6.32. The minimum Gasteiger partial charge on any atom is -0.382 e. The molecule has 0 aliphatic carbocycles. The van der Waals surface area contributed by atoms with Crippen molar-refractivity contribution in [3.8, 4) is 0 Å². The second kappa shape index (κ2) is 7.77. The molecule has 0 fully saturated rings. The highest BCUT2D eigenvalue weighted by atomic mass is 32.2. The Morgan fingerprint density at radius 2 is 1.54 bits per heavy atom. The van der Waals surface area contributed by atoms with E-state index in [4.69, 9.17) is 0 Å². The van der Waals surface area contributed by atoms with Gasteiger partial charge in [-0.2, -0.15) is 0 Å². The smallest absolute Gasteiger partial charge is 0.177 e. The summed E-state index contributed by atoms with van der Waals surface area (Å²) >= 11 is 0. The second-order valence-electron chi connectivity index (χ2n) is 6.47. The molecule has 1 atom stereocenters. The fourth-order valence-electron chi connectivity index (χ4n) is 2.67. The number of hydrogen-bond donors (Lipinski definition) is 1. The van der Waals surface area contributed by atoms with Crippen LogP contribution in [0.3, 0.4) is 0 Å². The lowest BCUT2D eigenvalue weighted by atomic mass is 10.1. The minimum absolute atomic E-state index is 0.0179. The van der Waals surface area contributed by atoms with Crippen molar-refractivity contribution in [3.63, 3.8) is 0 Å². The van der Waals surface area contributed by atoms with Crippen molar-refractivity contribution in [3.05, 3.63) is 54.1 Å². The minimum atomic E-state index is -3.59. The molecule has 0 amide bonds. The van der Waals surface area contributed by atoms with E-state index in [1.54, 1.807) is 0 Å². The van der Waals surface area contributed by atoms with Crippen molar-refractivity contribution in [2.75, 3.05) is 38.5 Å². The van der Waals surface area contributed by atoms with E-state index in [1.807, 2.05) is 49.3 Å². The van der Waals surface area contributed by atoms with Crippen molar-refractivity contribution in [1.82, 2.24) is 4.90 Å². The third-order valence-electron chi connectivity index (χ3n) is 4.07. The predicted molar refractivity (Wildman–Crippen MR) is 104 cm³/mol. The van der Waals surface area contributed by atoms with E-state index in [1.165, 1.54) is 18.2 Å². The van der Waals surface area contributed by atoms with E-state index in [0.29, 0.717) is 12.2 Å². The Hall–Kier alpha value is -1.90. The van der Waals surface area contributed by atoms with Crippen LogP contribution in [0, 0.1) is 0 Å². The molecule has 2 aromatic rings.